The first-order chi connectivity index (χ1) is 18.7. The first kappa shape index (κ1) is 26.3. The molecule has 2 saturated carbocycles. The van der Waals surface area contributed by atoms with E-state index in [1.54, 1.807) is 23.1 Å². The monoisotopic (exact) mass is 551 g/mol. The Morgan fingerprint density at radius 2 is 1.79 bits per heavy atom. The van der Waals surface area contributed by atoms with Gasteiger partial charge in [-0.3, -0.25) is 4.79 Å². The van der Waals surface area contributed by atoms with Crippen molar-refractivity contribution in [1.29, 1.82) is 0 Å². The van der Waals surface area contributed by atoms with Crippen LogP contribution in [0.2, 0.25) is 0 Å². The lowest BCUT2D eigenvalue weighted by molar-refractivity contribution is 0.0544. The predicted octanol–water partition coefficient (Wildman–Crippen LogP) is 4.81. The molecule has 1 aliphatic heterocycles. The number of anilines is 1. The third-order valence-corrected chi connectivity index (χ3v) is 11.1. The lowest BCUT2D eigenvalue weighted by atomic mass is 9.78. The summed E-state index contributed by atoms with van der Waals surface area (Å²) >= 11 is 0. The molecule has 8 nitrogen and oxygen atoms in total. The second-order valence-corrected chi connectivity index (χ2v) is 13.4. The van der Waals surface area contributed by atoms with Crippen molar-refractivity contribution < 1.29 is 22.7 Å². The third-order valence-electron chi connectivity index (χ3n) is 9.55. The Bertz CT molecular complexity index is 1430. The molecule has 2 aromatic carbocycles. The highest BCUT2D eigenvalue weighted by molar-refractivity contribution is 7.89. The van der Waals surface area contributed by atoms with Gasteiger partial charge < -0.3 is 15.0 Å². The van der Waals surface area contributed by atoms with E-state index in [4.69, 9.17) is 4.74 Å². The minimum Gasteiger partial charge on any atom is -0.450 e. The standard InChI is InChI=1S/C30H37N3O5S/c1-3-38-28(35)33-17-16-30(29(19-33)14-15-29)18-26(30)32-39(36,37)25-13-12-24(22-10-6-7-11-23(22)25)31-27(34)21-9-5-4-8-20(21)2/h4-5,8-9,12-13,26,32H,3,6-7,10-11,14-19H2,1-2H3,(H,31,34)/t26-,30?/m0/s1. The molecule has 3 fully saturated rings. The van der Waals surface area contributed by atoms with Gasteiger partial charge in [-0.1, -0.05) is 18.2 Å². The molecule has 6 rings (SSSR count). The number of amides is 2. The zero-order valence-corrected chi connectivity index (χ0v) is 23.5. The average Bonchev–Trinajstić information content (AvgIpc) is 3.83. The van der Waals surface area contributed by atoms with Gasteiger partial charge in [-0.05, 0) is 111 Å². The maximum absolute atomic E-state index is 13.8. The Labute approximate surface area is 230 Å². The van der Waals surface area contributed by atoms with Crippen molar-refractivity contribution in [3.63, 3.8) is 0 Å². The van der Waals surface area contributed by atoms with Crippen molar-refractivity contribution in [3.8, 4) is 0 Å². The molecule has 0 radical (unpaired) electrons. The largest absolute Gasteiger partial charge is 0.450 e. The highest BCUT2D eigenvalue weighted by atomic mass is 32.2. The lowest BCUT2D eigenvalue weighted by Crippen LogP contribution is -2.48. The highest BCUT2D eigenvalue weighted by Gasteiger charge is 2.73. The van der Waals surface area contributed by atoms with Crippen molar-refractivity contribution in [2.45, 2.75) is 76.2 Å². The summed E-state index contributed by atoms with van der Waals surface area (Å²) in [5.41, 5.74) is 3.87. The topological polar surface area (TPSA) is 105 Å². The van der Waals surface area contributed by atoms with Crippen LogP contribution in [0.4, 0.5) is 10.5 Å². The summed E-state index contributed by atoms with van der Waals surface area (Å²) in [6, 6.07) is 10.7. The van der Waals surface area contributed by atoms with E-state index in [1.165, 1.54) is 0 Å². The Morgan fingerprint density at radius 1 is 1.05 bits per heavy atom. The summed E-state index contributed by atoms with van der Waals surface area (Å²) in [5.74, 6) is -0.182. The molecule has 0 bridgehead atoms. The predicted molar refractivity (Wildman–Crippen MR) is 148 cm³/mol. The van der Waals surface area contributed by atoms with Gasteiger partial charge in [0.1, 0.15) is 0 Å². The van der Waals surface area contributed by atoms with Gasteiger partial charge >= 0.3 is 6.09 Å². The number of ether oxygens (including phenoxy) is 1. The second-order valence-electron chi connectivity index (χ2n) is 11.7. The van der Waals surface area contributed by atoms with E-state index < -0.39 is 10.0 Å². The van der Waals surface area contributed by atoms with E-state index in [-0.39, 0.29) is 28.9 Å². The van der Waals surface area contributed by atoms with Crippen molar-refractivity contribution in [3.05, 3.63) is 58.7 Å². The van der Waals surface area contributed by atoms with Crippen LogP contribution in [-0.4, -0.2) is 51.1 Å². The number of nitrogens with zero attached hydrogens (tertiary/aromatic N) is 1. The SMILES string of the molecule is CCOC(=O)N1CCC2(C[C@@H]2NS(=O)(=O)c2ccc(NC(=O)c3ccccc3C)c3c2CCCC3)C2(CC2)C1. The van der Waals surface area contributed by atoms with Gasteiger partial charge in [-0.25, -0.2) is 17.9 Å². The number of aryl methyl sites for hydroxylation is 1. The van der Waals surface area contributed by atoms with Crippen molar-refractivity contribution in [1.82, 2.24) is 9.62 Å². The van der Waals surface area contributed by atoms with Crippen LogP contribution in [0.5, 0.6) is 0 Å². The maximum atomic E-state index is 13.8. The minimum atomic E-state index is -3.75. The van der Waals surface area contributed by atoms with Gasteiger partial charge in [0.15, 0.2) is 0 Å². The summed E-state index contributed by atoms with van der Waals surface area (Å²) in [5, 5.41) is 3.05. The summed E-state index contributed by atoms with van der Waals surface area (Å²) in [6.45, 7) is 5.32. The van der Waals surface area contributed by atoms with E-state index in [1.807, 2.05) is 32.0 Å². The molecule has 2 amide bonds. The lowest BCUT2D eigenvalue weighted by Gasteiger charge is -2.40. The Balaban J connectivity index is 1.21. The fraction of sp³-hybridized carbons (Fsp3) is 0.533. The average molecular weight is 552 g/mol. The van der Waals surface area contributed by atoms with E-state index >= 15 is 0 Å². The third kappa shape index (κ3) is 4.53. The van der Waals surface area contributed by atoms with Crippen LogP contribution in [0.1, 0.15) is 72.5 Å². The molecule has 2 spiro atoms. The summed E-state index contributed by atoms with van der Waals surface area (Å²) in [4.78, 5) is 27.5. The maximum Gasteiger partial charge on any atom is 0.409 e. The van der Waals surface area contributed by atoms with Gasteiger partial charge in [-0.2, -0.15) is 0 Å². The number of sulfonamides is 1. The van der Waals surface area contributed by atoms with Crippen LogP contribution in [-0.2, 0) is 27.6 Å². The molecule has 2 aromatic rings. The molecule has 4 aliphatic rings. The summed E-state index contributed by atoms with van der Waals surface area (Å²) in [7, 11) is -3.75. The normalized spacial score (nSPS) is 24.8. The second kappa shape index (κ2) is 9.63. The minimum absolute atomic E-state index is 0.00562. The molecule has 0 aromatic heterocycles. The van der Waals surface area contributed by atoms with Gasteiger partial charge in [0, 0.05) is 30.4 Å². The van der Waals surface area contributed by atoms with Crippen molar-refractivity contribution >= 4 is 27.7 Å². The van der Waals surface area contributed by atoms with Crippen molar-refractivity contribution in [2.24, 2.45) is 10.8 Å². The fourth-order valence-electron chi connectivity index (χ4n) is 7.17. The summed E-state index contributed by atoms with van der Waals surface area (Å²) in [6.07, 6.45) is 6.68. The molecule has 1 unspecified atom stereocenters. The molecule has 3 aliphatic carbocycles. The number of hydrogen-bond acceptors (Lipinski definition) is 5. The van der Waals surface area contributed by atoms with E-state index in [9.17, 15) is 18.0 Å². The molecular weight excluding hydrogens is 514 g/mol. The van der Waals surface area contributed by atoms with E-state index in [0.29, 0.717) is 42.3 Å². The number of hydrogen-bond donors (Lipinski definition) is 2. The van der Waals surface area contributed by atoms with Gasteiger partial charge in [-0.15, -0.1) is 0 Å². The van der Waals surface area contributed by atoms with Crippen LogP contribution in [0.15, 0.2) is 41.3 Å². The van der Waals surface area contributed by atoms with E-state index in [0.717, 1.165) is 61.6 Å². The molecule has 9 heteroatoms. The number of benzene rings is 2. The first-order valence-electron chi connectivity index (χ1n) is 14.2. The molecule has 1 saturated heterocycles. The molecular formula is C30H37N3O5S. The molecule has 2 N–H and O–H groups in total. The van der Waals surface area contributed by atoms with Crippen molar-refractivity contribution in [2.75, 3.05) is 25.0 Å². The van der Waals surface area contributed by atoms with Gasteiger partial charge in [0.25, 0.3) is 5.91 Å². The number of piperidine rings is 1. The molecule has 2 atom stereocenters. The zero-order valence-electron chi connectivity index (χ0n) is 22.7. The van der Waals surface area contributed by atoms with Crippen LogP contribution in [0, 0.1) is 17.8 Å². The smallest absolute Gasteiger partial charge is 0.409 e. The molecule has 208 valence electrons. The van der Waals surface area contributed by atoms with E-state index in [2.05, 4.69) is 10.0 Å². The fourth-order valence-corrected chi connectivity index (χ4v) is 8.78. The van der Waals surface area contributed by atoms with Gasteiger partial charge in [0.05, 0.1) is 11.5 Å². The van der Waals surface area contributed by atoms with Crippen LogP contribution >= 0.6 is 0 Å². The number of carbonyl (C=O) groups is 2. The number of likely N-dealkylation sites (tertiary alicyclic amines) is 1. The number of carbonyl (C=O) groups excluding carboxylic acids is 2. The number of fused-ring (bicyclic) bond motifs is 2. The Hall–Kier alpha value is -2.91. The van der Waals surface area contributed by atoms with Crippen LogP contribution in [0.3, 0.4) is 0 Å². The van der Waals surface area contributed by atoms with Crippen LogP contribution in [0.25, 0.3) is 0 Å². The van der Waals surface area contributed by atoms with Crippen LogP contribution < -0.4 is 10.0 Å². The zero-order chi connectivity index (χ0) is 27.4. The summed E-state index contributed by atoms with van der Waals surface area (Å²) < 4.78 is 35.9. The number of nitrogens with one attached hydrogen (secondary N) is 2. The molecule has 1 heterocycles. The van der Waals surface area contributed by atoms with Gasteiger partial charge in [0.2, 0.25) is 10.0 Å². The first-order valence-corrected chi connectivity index (χ1v) is 15.6. The Kier molecular flexibility index (Phi) is 6.50. The number of rotatable bonds is 6. The Morgan fingerprint density at radius 3 is 2.51 bits per heavy atom. The highest BCUT2D eigenvalue weighted by Crippen LogP contribution is 2.73. The molecule has 39 heavy (non-hydrogen) atoms. The quantitative estimate of drug-likeness (QED) is 0.536.